The molecule has 0 amide bonds. The average molecular weight is 240 g/mol. The van der Waals surface area contributed by atoms with Crippen LogP contribution in [0, 0.1) is 11.3 Å². The summed E-state index contributed by atoms with van der Waals surface area (Å²) in [6.07, 6.45) is 4.86. The van der Waals surface area contributed by atoms with Gasteiger partial charge in [0.1, 0.15) is 0 Å². The van der Waals surface area contributed by atoms with Crippen LogP contribution in [0.25, 0.3) is 0 Å². The van der Waals surface area contributed by atoms with Crippen LogP contribution in [0.1, 0.15) is 60.8 Å². The van der Waals surface area contributed by atoms with Crippen LogP contribution in [-0.2, 0) is 4.74 Å². The highest BCUT2D eigenvalue weighted by Crippen LogP contribution is 2.40. The Balaban J connectivity index is 2.82. The van der Waals surface area contributed by atoms with Gasteiger partial charge in [-0.15, -0.1) is 0 Å². The van der Waals surface area contributed by atoms with Gasteiger partial charge in [-0.2, -0.15) is 0 Å². The van der Waals surface area contributed by atoms with Gasteiger partial charge in [0, 0.05) is 0 Å². The molecule has 2 heteroatoms. The highest BCUT2D eigenvalue weighted by Gasteiger charge is 2.34. The Morgan fingerprint density at radius 1 is 1.24 bits per heavy atom. The Hall–Kier alpha value is -0.340. The Morgan fingerprint density at radius 3 is 2.29 bits per heavy atom. The molecule has 2 unspecified atom stereocenters. The van der Waals surface area contributed by atoms with Crippen LogP contribution in [0.3, 0.4) is 0 Å². The lowest BCUT2D eigenvalue weighted by Crippen LogP contribution is -2.35. The summed E-state index contributed by atoms with van der Waals surface area (Å²) >= 11 is 0. The SMILES string of the molecule is CC(C)(C)OC(O)C1=CCCCC1C(C)(C)C. The van der Waals surface area contributed by atoms with Crippen molar-refractivity contribution in [2.75, 3.05) is 0 Å². The maximum atomic E-state index is 10.3. The molecule has 1 rings (SSSR count). The molecule has 17 heavy (non-hydrogen) atoms. The molecule has 0 aromatic heterocycles. The lowest BCUT2D eigenvalue weighted by atomic mass is 9.71. The minimum absolute atomic E-state index is 0.189. The molecule has 2 atom stereocenters. The van der Waals surface area contributed by atoms with E-state index in [0.29, 0.717) is 5.92 Å². The van der Waals surface area contributed by atoms with E-state index >= 15 is 0 Å². The molecule has 0 bridgehead atoms. The monoisotopic (exact) mass is 240 g/mol. The Morgan fingerprint density at radius 2 is 1.82 bits per heavy atom. The van der Waals surface area contributed by atoms with Gasteiger partial charge >= 0.3 is 0 Å². The number of aliphatic hydroxyl groups is 1. The average Bonchev–Trinajstić information content (AvgIpc) is 2.13. The summed E-state index contributed by atoms with van der Waals surface area (Å²) in [5.41, 5.74) is 0.966. The molecular weight excluding hydrogens is 212 g/mol. The van der Waals surface area contributed by atoms with E-state index in [2.05, 4.69) is 26.8 Å². The number of aliphatic hydroxyl groups excluding tert-OH is 1. The first kappa shape index (κ1) is 14.7. The molecule has 0 fully saturated rings. The molecule has 0 heterocycles. The minimum Gasteiger partial charge on any atom is -0.364 e. The van der Waals surface area contributed by atoms with E-state index in [1.807, 2.05) is 20.8 Å². The van der Waals surface area contributed by atoms with Crippen LogP contribution < -0.4 is 0 Å². The fourth-order valence-electron chi connectivity index (χ4n) is 2.51. The zero-order chi connectivity index (χ0) is 13.3. The predicted octanol–water partition coefficient (Wildman–Crippen LogP) is 3.89. The van der Waals surface area contributed by atoms with Crippen molar-refractivity contribution in [3.63, 3.8) is 0 Å². The van der Waals surface area contributed by atoms with Crippen molar-refractivity contribution in [1.29, 1.82) is 0 Å². The van der Waals surface area contributed by atoms with E-state index in [-0.39, 0.29) is 11.0 Å². The molecule has 1 aliphatic rings. The number of ether oxygens (including phenoxy) is 1. The van der Waals surface area contributed by atoms with E-state index in [4.69, 9.17) is 4.74 Å². The molecule has 0 aromatic carbocycles. The van der Waals surface area contributed by atoms with Crippen molar-refractivity contribution in [3.8, 4) is 0 Å². The van der Waals surface area contributed by atoms with Gasteiger partial charge in [0.25, 0.3) is 0 Å². The van der Waals surface area contributed by atoms with Crippen molar-refractivity contribution in [2.45, 2.75) is 72.7 Å². The standard InChI is InChI=1S/C15H28O2/c1-14(2,3)12-10-8-7-9-11(12)13(16)17-15(4,5)6/h9,12-13,16H,7-8,10H2,1-6H3. The van der Waals surface area contributed by atoms with Crippen LogP contribution in [0.5, 0.6) is 0 Å². The summed E-state index contributed by atoms with van der Waals surface area (Å²) in [5.74, 6) is 0.425. The zero-order valence-electron chi connectivity index (χ0n) is 12.2. The second-order valence-electron chi connectivity index (χ2n) is 7.14. The molecule has 0 radical (unpaired) electrons. The number of hydrogen-bond donors (Lipinski definition) is 1. The van der Waals surface area contributed by atoms with E-state index in [0.717, 1.165) is 18.4 Å². The minimum atomic E-state index is -0.750. The summed E-state index contributed by atoms with van der Waals surface area (Å²) in [6.45, 7) is 12.6. The maximum absolute atomic E-state index is 10.3. The first-order chi connectivity index (χ1) is 7.61. The lowest BCUT2D eigenvalue weighted by Gasteiger charge is -2.38. The third-order valence-corrected chi connectivity index (χ3v) is 3.28. The lowest BCUT2D eigenvalue weighted by molar-refractivity contribution is -0.151. The van der Waals surface area contributed by atoms with Crippen molar-refractivity contribution < 1.29 is 9.84 Å². The Labute approximate surface area is 106 Å². The molecule has 0 spiro atoms. The van der Waals surface area contributed by atoms with Crippen LogP contribution in [0.15, 0.2) is 11.6 Å². The summed E-state index contributed by atoms with van der Waals surface area (Å²) in [7, 11) is 0. The van der Waals surface area contributed by atoms with Crippen molar-refractivity contribution >= 4 is 0 Å². The van der Waals surface area contributed by atoms with Gasteiger partial charge in [-0.1, -0.05) is 26.8 Å². The van der Waals surface area contributed by atoms with E-state index in [1.165, 1.54) is 6.42 Å². The van der Waals surface area contributed by atoms with Gasteiger partial charge < -0.3 is 9.84 Å². The first-order valence-corrected chi connectivity index (χ1v) is 6.67. The van der Waals surface area contributed by atoms with Gasteiger partial charge in [0.2, 0.25) is 0 Å². The van der Waals surface area contributed by atoms with Crippen molar-refractivity contribution in [3.05, 3.63) is 11.6 Å². The Kier molecular flexibility index (Phi) is 4.43. The van der Waals surface area contributed by atoms with Gasteiger partial charge in [-0.25, -0.2) is 0 Å². The van der Waals surface area contributed by atoms with E-state index in [1.54, 1.807) is 0 Å². The molecular formula is C15H28O2. The van der Waals surface area contributed by atoms with Crippen LogP contribution >= 0.6 is 0 Å². The zero-order valence-corrected chi connectivity index (χ0v) is 12.2. The third kappa shape index (κ3) is 4.44. The molecule has 0 aliphatic heterocycles. The smallest absolute Gasteiger partial charge is 0.177 e. The highest BCUT2D eigenvalue weighted by atomic mass is 16.6. The summed E-state index contributed by atoms with van der Waals surface area (Å²) in [4.78, 5) is 0. The van der Waals surface area contributed by atoms with E-state index < -0.39 is 6.29 Å². The summed E-state index contributed by atoms with van der Waals surface area (Å²) in [6, 6.07) is 0. The quantitative estimate of drug-likeness (QED) is 0.586. The van der Waals surface area contributed by atoms with Crippen LogP contribution in [0.4, 0.5) is 0 Å². The topological polar surface area (TPSA) is 29.5 Å². The van der Waals surface area contributed by atoms with Gasteiger partial charge in [-0.05, 0) is 56.9 Å². The largest absolute Gasteiger partial charge is 0.364 e. The van der Waals surface area contributed by atoms with Gasteiger partial charge in [0.05, 0.1) is 5.60 Å². The second-order valence-corrected chi connectivity index (χ2v) is 7.14. The van der Waals surface area contributed by atoms with Crippen LogP contribution in [0.2, 0.25) is 0 Å². The molecule has 100 valence electrons. The molecule has 0 aromatic rings. The summed E-state index contributed by atoms with van der Waals surface area (Å²) in [5, 5.41) is 10.3. The first-order valence-electron chi connectivity index (χ1n) is 6.67. The summed E-state index contributed by atoms with van der Waals surface area (Å²) < 4.78 is 5.69. The molecule has 1 aliphatic carbocycles. The predicted molar refractivity (Wildman–Crippen MR) is 71.7 cm³/mol. The third-order valence-electron chi connectivity index (χ3n) is 3.28. The molecule has 0 saturated carbocycles. The maximum Gasteiger partial charge on any atom is 0.177 e. The second kappa shape index (κ2) is 5.11. The van der Waals surface area contributed by atoms with Gasteiger partial charge in [-0.3, -0.25) is 0 Å². The number of allylic oxidation sites excluding steroid dienone is 1. The van der Waals surface area contributed by atoms with Gasteiger partial charge in [0.15, 0.2) is 6.29 Å². The number of hydrogen-bond acceptors (Lipinski definition) is 2. The Bertz CT molecular complexity index is 278. The molecule has 0 saturated heterocycles. The fourth-order valence-corrected chi connectivity index (χ4v) is 2.51. The van der Waals surface area contributed by atoms with E-state index in [9.17, 15) is 5.11 Å². The highest BCUT2D eigenvalue weighted by molar-refractivity contribution is 5.15. The van der Waals surface area contributed by atoms with Crippen molar-refractivity contribution in [1.82, 2.24) is 0 Å². The fraction of sp³-hybridized carbons (Fsp3) is 0.867. The number of rotatable bonds is 2. The van der Waals surface area contributed by atoms with Crippen molar-refractivity contribution in [2.24, 2.45) is 11.3 Å². The normalized spacial score (nSPS) is 24.4. The molecule has 2 nitrogen and oxygen atoms in total. The van der Waals surface area contributed by atoms with Crippen LogP contribution in [-0.4, -0.2) is 17.0 Å². The molecule has 1 N–H and O–H groups in total.